The number of benzene rings is 1. The topological polar surface area (TPSA) is 81.4 Å². The summed E-state index contributed by atoms with van der Waals surface area (Å²) in [6.45, 7) is 4.38. The number of nitrogens with one attached hydrogen (secondary N) is 1. The molecule has 0 aliphatic heterocycles. The van der Waals surface area contributed by atoms with E-state index in [2.05, 4.69) is 5.32 Å². The summed E-state index contributed by atoms with van der Waals surface area (Å²) in [5, 5.41) is 3.09. The molecule has 3 N–H and O–H groups in total. The Balaban J connectivity index is 2.27. The average molecular weight is 278 g/mol. The molecule has 1 aromatic rings. The van der Waals surface area contributed by atoms with Gasteiger partial charge in [-0.25, -0.2) is 0 Å². The standard InChI is InChI=1S/C15H22N2O3/c1-11(9-17-12(2)8-14(16)18)15(19)20-10-13-6-4-3-5-7-13/h3-7,11-12,17H,8-10H2,1-2H3,(H2,16,18). The van der Waals surface area contributed by atoms with Gasteiger partial charge >= 0.3 is 5.97 Å². The van der Waals surface area contributed by atoms with Gasteiger partial charge in [-0.05, 0) is 12.5 Å². The molecule has 0 saturated heterocycles. The highest BCUT2D eigenvalue weighted by molar-refractivity contribution is 5.74. The number of primary amides is 1. The highest BCUT2D eigenvalue weighted by atomic mass is 16.5. The Bertz CT molecular complexity index is 434. The highest BCUT2D eigenvalue weighted by Crippen LogP contribution is 2.04. The normalized spacial score (nSPS) is 13.5. The number of rotatable bonds is 8. The minimum atomic E-state index is -0.357. The van der Waals surface area contributed by atoms with E-state index in [9.17, 15) is 9.59 Å². The summed E-state index contributed by atoms with van der Waals surface area (Å²) >= 11 is 0. The van der Waals surface area contributed by atoms with Crippen LogP contribution in [0.3, 0.4) is 0 Å². The molecule has 0 bridgehead atoms. The Morgan fingerprint density at radius 2 is 1.90 bits per heavy atom. The summed E-state index contributed by atoms with van der Waals surface area (Å²) in [5.74, 6) is -0.883. The molecule has 0 spiro atoms. The minimum absolute atomic E-state index is 0.0446. The fourth-order valence-electron chi connectivity index (χ4n) is 1.71. The van der Waals surface area contributed by atoms with E-state index >= 15 is 0 Å². The summed E-state index contributed by atoms with van der Waals surface area (Å²) in [6, 6.07) is 9.49. The van der Waals surface area contributed by atoms with E-state index in [0.29, 0.717) is 6.54 Å². The number of carbonyl (C=O) groups excluding carboxylic acids is 2. The Kier molecular flexibility index (Phi) is 6.73. The summed E-state index contributed by atoms with van der Waals surface area (Å²) in [4.78, 5) is 22.5. The van der Waals surface area contributed by atoms with Gasteiger partial charge in [0.25, 0.3) is 0 Å². The van der Waals surface area contributed by atoms with Crippen LogP contribution >= 0.6 is 0 Å². The average Bonchev–Trinajstić information content (AvgIpc) is 2.42. The van der Waals surface area contributed by atoms with Crippen molar-refractivity contribution in [3.63, 3.8) is 0 Å². The molecule has 0 saturated carbocycles. The number of esters is 1. The molecule has 1 rings (SSSR count). The van der Waals surface area contributed by atoms with Crippen molar-refractivity contribution in [3.05, 3.63) is 35.9 Å². The van der Waals surface area contributed by atoms with E-state index in [1.54, 1.807) is 6.92 Å². The molecule has 2 unspecified atom stereocenters. The fraction of sp³-hybridized carbons (Fsp3) is 0.467. The maximum atomic E-state index is 11.8. The molecular formula is C15H22N2O3. The van der Waals surface area contributed by atoms with E-state index in [0.717, 1.165) is 5.56 Å². The summed E-state index contributed by atoms with van der Waals surface area (Å²) in [7, 11) is 0. The predicted octanol–water partition coefficient (Wildman–Crippen LogP) is 1.22. The van der Waals surface area contributed by atoms with Gasteiger partial charge in [0.05, 0.1) is 5.92 Å². The molecule has 2 atom stereocenters. The van der Waals surface area contributed by atoms with Gasteiger partial charge in [-0.3, -0.25) is 9.59 Å². The minimum Gasteiger partial charge on any atom is -0.461 e. The van der Waals surface area contributed by atoms with Gasteiger partial charge in [-0.15, -0.1) is 0 Å². The lowest BCUT2D eigenvalue weighted by molar-refractivity contribution is -0.149. The van der Waals surface area contributed by atoms with Gasteiger partial charge < -0.3 is 15.8 Å². The second-order valence-corrected chi connectivity index (χ2v) is 4.97. The first-order valence-electron chi connectivity index (χ1n) is 6.71. The van der Waals surface area contributed by atoms with Gasteiger partial charge in [-0.1, -0.05) is 37.3 Å². The quantitative estimate of drug-likeness (QED) is 0.701. The van der Waals surface area contributed by atoms with Crippen LogP contribution in [0.2, 0.25) is 0 Å². The first kappa shape index (κ1) is 16.2. The molecule has 1 amide bonds. The summed E-state index contributed by atoms with van der Waals surface area (Å²) in [5.41, 5.74) is 6.06. The third-order valence-electron chi connectivity index (χ3n) is 2.91. The second-order valence-electron chi connectivity index (χ2n) is 4.97. The molecule has 5 nitrogen and oxygen atoms in total. The molecule has 1 aromatic carbocycles. The van der Waals surface area contributed by atoms with Crippen LogP contribution in [-0.4, -0.2) is 24.5 Å². The largest absolute Gasteiger partial charge is 0.461 e. The molecule has 0 aliphatic carbocycles. The SMILES string of the molecule is CC(CC(N)=O)NCC(C)C(=O)OCc1ccccc1. The molecule has 0 aliphatic rings. The second kappa shape index (κ2) is 8.32. The number of amides is 1. The Morgan fingerprint density at radius 1 is 1.25 bits per heavy atom. The molecule has 5 heteroatoms. The van der Waals surface area contributed by atoms with Gasteiger partial charge in [0.2, 0.25) is 5.91 Å². The van der Waals surface area contributed by atoms with Crippen molar-refractivity contribution >= 4 is 11.9 Å². The lowest BCUT2D eigenvalue weighted by atomic mass is 10.1. The van der Waals surface area contributed by atoms with Crippen molar-refractivity contribution in [2.45, 2.75) is 32.9 Å². The Labute approximate surface area is 119 Å². The number of ether oxygens (including phenoxy) is 1. The van der Waals surface area contributed by atoms with Crippen LogP contribution in [0.1, 0.15) is 25.8 Å². The highest BCUT2D eigenvalue weighted by Gasteiger charge is 2.16. The van der Waals surface area contributed by atoms with Crippen LogP contribution in [0.25, 0.3) is 0 Å². The van der Waals surface area contributed by atoms with Gasteiger partial charge in [-0.2, -0.15) is 0 Å². The van der Waals surface area contributed by atoms with E-state index in [4.69, 9.17) is 10.5 Å². The van der Waals surface area contributed by atoms with E-state index < -0.39 is 0 Å². The molecule has 0 heterocycles. The van der Waals surface area contributed by atoms with Crippen LogP contribution in [0.15, 0.2) is 30.3 Å². The van der Waals surface area contributed by atoms with Gasteiger partial charge in [0, 0.05) is 19.0 Å². The number of hydrogen-bond donors (Lipinski definition) is 2. The van der Waals surface area contributed by atoms with Crippen molar-refractivity contribution in [1.29, 1.82) is 0 Å². The van der Waals surface area contributed by atoms with Crippen LogP contribution in [-0.2, 0) is 20.9 Å². The fourth-order valence-corrected chi connectivity index (χ4v) is 1.71. The van der Waals surface area contributed by atoms with E-state index in [-0.39, 0.29) is 36.9 Å². The molecule has 20 heavy (non-hydrogen) atoms. The third kappa shape index (κ3) is 6.33. The zero-order valence-corrected chi connectivity index (χ0v) is 12.0. The van der Waals surface area contributed by atoms with Crippen molar-refractivity contribution in [2.75, 3.05) is 6.54 Å². The van der Waals surface area contributed by atoms with Crippen LogP contribution in [0.5, 0.6) is 0 Å². The number of nitrogens with two attached hydrogens (primary N) is 1. The lowest BCUT2D eigenvalue weighted by Gasteiger charge is -2.16. The maximum absolute atomic E-state index is 11.8. The third-order valence-corrected chi connectivity index (χ3v) is 2.91. The zero-order chi connectivity index (χ0) is 15.0. The van der Waals surface area contributed by atoms with Crippen molar-refractivity contribution in [1.82, 2.24) is 5.32 Å². The van der Waals surface area contributed by atoms with Gasteiger partial charge in [0.1, 0.15) is 6.61 Å². The summed E-state index contributed by atoms with van der Waals surface area (Å²) < 4.78 is 5.23. The molecule has 0 aromatic heterocycles. The maximum Gasteiger partial charge on any atom is 0.310 e. The van der Waals surface area contributed by atoms with Gasteiger partial charge in [0.15, 0.2) is 0 Å². The number of carbonyl (C=O) groups is 2. The van der Waals surface area contributed by atoms with Crippen molar-refractivity contribution < 1.29 is 14.3 Å². The zero-order valence-electron chi connectivity index (χ0n) is 12.0. The Morgan fingerprint density at radius 3 is 2.50 bits per heavy atom. The van der Waals surface area contributed by atoms with Crippen molar-refractivity contribution in [2.24, 2.45) is 11.7 Å². The Hall–Kier alpha value is -1.88. The van der Waals surface area contributed by atoms with Crippen LogP contribution in [0, 0.1) is 5.92 Å². The molecule has 0 fully saturated rings. The van der Waals surface area contributed by atoms with Crippen LogP contribution in [0.4, 0.5) is 0 Å². The lowest BCUT2D eigenvalue weighted by Crippen LogP contribution is -2.36. The smallest absolute Gasteiger partial charge is 0.310 e. The van der Waals surface area contributed by atoms with E-state index in [1.807, 2.05) is 37.3 Å². The monoisotopic (exact) mass is 278 g/mol. The molecule has 0 radical (unpaired) electrons. The first-order valence-corrected chi connectivity index (χ1v) is 6.71. The predicted molar refractivity (Wildman–Crippen MR) is 76.7 cm³/mol. The first-order chi connectivity index (χ1) is 9.49. The van der Waals surface area contributed by atoms with Crippen molar-refractivity contribution in [3.8, 4) is 0 Å². The van der Waals surface area contributed by atoms with Crippen LogP contribution < -0.4 is 11.1 Å². The molecule has 110 valence electrons. The molecular weight excluding hydrogens is 256 g/mol. The summed E-state index contributed by atoms with van der Waals surface area (Å²) in [6.07, 6.45) is 0.256. The number of hydrogen-bond acceptors (Lipinski definition) is 4. The van der Waals surface area contributed by atoms with E-state index in [1.165, 1.54) is 0 Å².